The predicted molar refractivity (Wildman–Crippen MR) is 43.8 cm³/mol. The minimum Gasteiger partial charge on any atom is -0.207 e. The maximum Gasteiger partial charge on any atom is 0.123 e. The number of allylic oxidation sites excluding steroid dienone is 2. The Morgan fingerprint density at radius 1 is 1.36 bits per heavy atom. The average molecular weight is 148 g/mol. The fourth-order valence-electron chi connectivity index (χ4n) is 1.47. The van der Waals surface area contributed by atoms with Gasteiger partial charge in [0.05, 0.1) is 0 Å². The van der Waals surface area contributed by atoms with Crippen molar-refractivity contribution >= 4 is 5.57 Å². The van der Waals surface area contributed by atoms with Crippen LogP contribution >= 0.6 is 0 Å². The molecule has 0 unspecified atom stereocenters. The molecule has 0 aromatic heterocycles. The van der Waals surface area contributed by atoms with E-state index in [0.29, 0.717) is 0 Å². The van der Waals surface area contributed by atoms with Gasteiger partial charge in [0, 0.05) is 0 Å². The van der Waals surface area contributed by atoms with Crippen LogP contribution in [0.4, 0.5) is 4.39 Å². The monoisotopic (exact) mass is 148 g/mol. The molecule has 0 atom stereocenters. The first kappa shape index (κ1) is 6.59. The zero-order valence-corrected chi connectivity index (χ0v) is 6.39. The fraction of sp³-hybridized carbons (Fsp3) is 0.200. The molecule has 0 spiro atoms. The van der Waals surface area contributed by atoms with Crippen LogP contribution < -0.4 is 0 Å². The Balaban J connectivity index is 2.60. The topological polar surface area (TPSA) is 0 Å². The molecular weight excluding hydrogens is 139 g/mol. The molecule has 1 aromatic rings. The van der Waals surface area contributed by atoms with Gasteiger partial charge >= 0.3 is 0 Å². The van der Waals surface area contributed by atoms with E-state index in [0.717, 1.165) is 12.0 Å². The first-order chi connectivity index (χ1) is 5.27. The molecule has 1 aromatic carbocycles. The van der Waals surface area contributed by atoms with E-state index in [1.54, 1.807) is 6.07 Å². The van der Waals surface area contributed by atoms with Crippen LogP contribution in [0, 0.1) is 5.82 Å². The lowest BCUT2D eigenvalue weighted by atomic mass is 10.1. The molecule has 56 valence electrons. The number of benzene rings is 1. The summed E-state index contributed by atoms with van der Waals surface area (Å²) in [6.07, 6.45) is 3.09. The van der Waals surface area contributed by atoms with Gasteiger partial charge < -0.3 is 0 Å². The van der Waals surface area contributed by atoms with Gasteiger partial charge in [0.2, 0.25) is 0 Å². The standard InChI is InChI=1S/C10H9F/c1-7-2-3-8-4-5-9(11)6-10(7)8/h2,4-6H,3H2,1H3. The summed E-state index contributed by atoms with van der Waals surface area (Å²) in [5.41, 5.74) is 3.51. The van der Waals surface area contributed by atoms with E-state index in [4.69, 9.17) is 0 Å². The second-order valence-corrected chi connectivity index (χ2v) is 2.89. The lowest BCUT2D eigenvalue weighted by molar-refractivity contribution is 0.627. The number of fused-ring (bicyclic) bond motifs is 1. The largest absolute Gasteiger partial charge is 0.207 e. The molecule has 1 aliphatic carbocycles. The summed E-state index contributed by atoms with van der Waals surface area (Å²) >= 11 is 0. The molecule has 0 aliphatic heterocycles. The van der Waals surface area contributed by atoms with Crippen molar-refractivity contribution in [1.29, 1.82) is 0 Å². The zero-order valence-electron chi connectivity index (χ0n) is 6.39. The van der Waals surface area contributed by atoms with Gasteiger partial charge in [-0.2, -0.15) is 0 Å². The number of halogens is 1. The molecule has 2 rings (SSSR count). The fourth-order valence-corrected chi connectivity index (χ4v) is 1.47. The number of rotatable bonds is 0. The SMILES string of the molecule is CC1=CCc2ccc(F)cc21. The second-order valence-electron chi connectivity index (χ2n) is 2.89. The Morgan fingerprint density at radius 3 is 3.00 bits per heavy atom. The summed E-state index contributed by atoms with van der Waals surface area (Å²) in [6.45, 7) is 2.02. The van der Waals surface area contributed by atoms with Crippen molar-refractivity contribution in [1.82, 2.24) is 0 Å². The Labute approximate surface area is 65.4 Å². The van der Waals surface area contributed by atoms with Crippen LogP contribution in [0.15, 0.2) is 24.3 Å². The van der Waals surface area contributed by atoms with Crippen LogP contribution in [0.3, 0.4) is 0 Å². The molecule has 0 saturated heterocycles. The number of hydrogen-bond acceptors (Lipinski definition) is 0. The first-order valence-corrected chi connectivity index (χ1v) is 3.73. The van der Waals surface area contributed by atoms with Crippen LogP contribution in [0.5, 0.6) is 0 Å². The summed E-state index contributed by atoms with van der Waals surface area (Å²) in [6, 6.07) is 4.98. The van der Waals surface area contributed by atoms with Gasteiger partial charge in [0.15, 0.2) is 0 Å². The van der Waals surface area contributed by atoms with E-state index < -0.39 is 0 Å². The molecule has 0 N–H and O–H groups in total. The normalized spacial score (nSPS) is 14.5. The van der Waals surface area contributed by atoms with Crippen molar-refractivity contribution in [2.75, 3.05) is 0 Å². The van der Waals surface area contributed by atoms with Crippen molar-refractivity contribution in [2.24, 2.45) is 0 Å². The molecule has 0 saturated carbocycles. The molecule has 0 heterocycles. The lowest BCUT2D eigenvalue weighted by Crippen LogP contribution is -1.84. The molecule has 0 amide bonds. The van der Waals surface area contributed by atoms with Gasteiger partial charge in [-0.1, -0.05) is 12.1 Å². The van der Waals surface area contributed by atoms with Gasteiger partial charge in [-0.25, -0.2) is 4.39 Å². The maximum atomic E-state index is 12.7. The Hall–Kier alpha value is -1.11. The van der Waals surface area contributed by atoms with Crippen molar-refractivity contribution in [3.63, 3.8) is 0 Å². The maximum absolute atomic E-state index is 12.7. The Morgan fingerprint density at radius 2 is 2.18 bits per heavy atom. The summed E-state index contributed by atoms with van der Waals surface area (Å²) in [5.74, 6) is -0.140. The van der Waals surface area contributed by atoms with Gasteiger partial charge in [-0.15, -0.1) is 0 Å². The van der Waals surface area contributed by atoms with Crippen molar-refractivity contribution in [3.8, 4) is 0 Å². The summed E-state index contributed by atoms with van der Waals surface area (Å²) in [5, 5.41) is 0. The number of hydrogen-bond donors (Lipinski definition) is 0. The lowest BCUT2D eigenvalue weighted by Gasteiger charge is -1.99. The first-order valence-electron chi connectivity index (χ1n) is 3.73. The molecular formula is C10H9F. The molecule has 1 aliphatic rings. The van der Waals surface area contributed by atoms with Crippen LogP contribution in [0.2, 0.25) is 0 Å². The van der Waals surface area contributed by atoms with Crippen LogP contribution in [0.25, 0.3) is 5.57 Å². The summed E-state index contributed by atoms with van der Waals surface area (Å²) in [7, 11) is 0. The van der Waals surface area contributed by atoms with E-state index >= 15 is 0 Å². The predicted octanol–water partition coefficient (Wildman–Crippen LogP) is 2.79. The van der Waals surface area contributed by atoms with Gasteiger partial charge in [0.25, 0.3) is 0 Å². The van der Waals surface area contributed by atoms with Gasteiger partial charge in [-0.3, -0.25) is 0 Å². The highest BCUT2D eigenvalue weighted by Gasteiger charge is 2.09. The van der Waals surface area contributed by atoms with Crippen LogP contribution in [0.1, 0.15) is 18.1 Å². The third kappa shape index (κ3) is 0.967. The van der Waals surface area contributed by atoms with E-state index in [1.165, 1.54) is 17.2 Å². The molecule has 0 nitrogen and oxygen atoms in total. The van der Waals surface area contributed by atoms with E-state index in [-0.39, 0.29) is 5.82 Å². The second kappa shape index (κ2) is 2.19. The summed E-state index contributed by atoms with van der Waals surface area (Å²) in [4.78, 5) is 0. The van der Waals surface area contributed by atoms with Crippen molar-refractivity contribution in [2.45, 2.75) is 13.3 Å². The zero-order chi connectivity index (χ0) is 7.84. The molecule has 0 bridgehead atoms. The minimum absolute atomic E-state index is 0.140. The third-order valence-electron chi connectivity index (χ3n) is 2.12. The van der Waals surface area contributed by atoms with Crippen LogP contribution in [-0.4, -0.2) is 0 Å². The molecule has 0 fully saturated rings. The highest BCUT2D eigenvalue weighted by molar-refractivity contribution is 5.71. The van der Waals surface area contributed by atoms with E-state index in [1.807, 2.05) is 13.0 Å². The van der Waals surface area contributed by atoms with E-state index in [2.05, 4.69) is 6.08 Å². The summed E-state index contributed by atoms with van der Waals surface area (Å²) < 4.78 is 12.7. The third-order valence-corrected chi connectivity index (χ3v) is 2.12. The highest BCUT2D eigenvalue weighted by Crippen LogP contribution is 2.26. The molecule has 0 radical (unpaired) electrons. The van der Waals surface area contributed by atoms with Gasteiger partial charge in [0.1, 0.15) is 5.82 Å². The van der Waals surface area contributed by atoms with E-state index in [9.17, 15) is 4.39 Å². The highest BCUT2D eigenvalue weighted by atomic mass is 19.1. The Bertz CT molecular complexity index is 324. The Kier molecular flexibility index (Phi) is 1.31. The van der Waals surface area contributed by atoms with Crippen molar-refractivity contribution in [3.05, 3.63) is 41.2 Å². The molecule has 11 heavy (non-hydrogen) atoms. The van der Waals surface area contributed by atoms with Gasteiger partial charge in [-0.05, 0) is 42.2 Å². The smallest absolute Gasteiger partial charge is 0.123 e. The quantitative estimate of drug-likeness (QED) is 0.530. The average Bonchev–Trinajstić information content (AvgIpc) is 2.33. The minimum atomic E-state index is -0.140. The molecule has 1 heteroatoms. The van der Waals surface area contributed by atoms with Crippen LogP contribution in [-0.2, 0) is 6.42 Å². The van der Waals surface area contributed by atoms with Crippen molar-refractivity contribution < 1.29 is 4.39 Å².